The largest absolute Gasteiger partial charge is 0.489 e. The Kier molecular flexibility index (Phi) is 6.06. The van der Waals surface area contributed by atoms with Crippen molar-refractivity contribution in [2.75, 3.05) is 6.54 Å². The number of hydrogen-bond acceptors (Lipinski definition) is 4. The molecule has 2 aromatic rings. The standard InChI is InChI=1S/C23H25N3O5/c27-21-19(5-1-2-11-24-21)26-13-18-17(22(26)28)4-3-6-20(18)31-14-16-9-7-15(8-10-16)12-25-23(29)30/h3-4,6-10,19,25H,1-2,5,11-14H2,(H,24,27)(H,29,30). The van der Waals surface area contributed by atoms with Gasteiger partial charge in [-0.2, -0.15) is 0 Å². The summed E-state index contributed by atoms with van der Waals surface area (Å²) in [5, 5.41) is 13.9. The van der Waals surface area contributed by atoms with Gasteiger partial charge in [-0.1, -0.05) is 30.3 Å². The van der Waals surface area contributed by atoms with Gasteiger partial charge in [0.05, 0.1) is 6.54 Å². The van der Waals surface area contributed by atoms with Crippen LogP contribution in [-0.2, 0) is 24.5 Å². The molecule has 1 fully saturated rings. The number of nitrogens with zero attached hydrogens (tertiary/aromatic N) is 1. The smallest absolute Gasteiger partial charge is 0.404 e. The molecule has 1 unspecified atom stereocenters. The molecule has 0 aromatic heterocycles. The topological polar surface area (TPSA) is 108 Å². The maximum Gasteiger partial charge on any atom is 0.404 e. The predicted molar refractivity (Wildman–Crippen MR) is 113 cm³/mol. The molecule has 0 radical (unpaired) electrons. The molecule has 0 saturated carbocycles. The van der Waals surface area contributed by atoms with Crippen molar-refractivity contribution in [3.63, 3.8) is 0 Å². The van der Waals surface area contributed by atoms with Gasteiger partial charge in [0.2, 0.25) is 5.91 Å². The van der Waals surface area contributed by atoms with Crippen molar-refractivity contribution in [2.45, 2.75) is 45.0 Å². The molecule has 3 amide bonds. The third-order valence-electron chi connectivity index (χ3n) is 5.70. The number of rotatable bonds is 6. The number of amides is 3. The second-order valence-electron chi connectivity index (χ2n) is 7.78. The molecular weight excluding hydrogens is 398 g/mol. The molecule has 0 aliphatic carbocycles. The van der Waals surface area contributed by atoms with E-state index in [0.717, 1.165) is 29.5 Å². The number of carbonyl (C=O) groups is 3. The normalized spacial score (nSPS) is 18.2. The van der Waals surface area contributed by atoms with Crippen LogP contribution in [0.3, 0.4) is 0 Å². The van der Waals surface area contributed by atoms with Gasteiger partial charge in [-0.15, -0.1) is 0 Å². The average molecular weight is 423 g/mol. The number of carbonyl (C=O) groups excluding carboxylic acids is 2. The van der Waals surface area contributed by atoms with Gasteiger partial charge >= 0.3 is 6.09 Å². The van der Waals surface area contributed by atoms with Crippen molar-refractivity contribution in [1.82, 2.24) is 15.5 Å². The summed E-state index contributed by atoms with van der Waals surface area (Å²) >= 11 is 0. The number of hydrogen-bond donors (Lipinski definition) is 3. The van der Waals surface area contributed by atoms with E-state index in [4.69, 9.17) is 9.84 Å². The van der Waals surface area contributed by atoms with Gasteiger partial charge in [0.1, 0.15) is 18.4 Å². The molecule has 3 N–H and O–H groups in total. The molecule has 0 spiro atoms. The summed E-state index contributed by atoms with van der Waals surface area (Å²) in [5.74, 6) is 0.426. The second kappa shape index (κ2) is 9.07. The molecule has 2 aromatic carbocycles. The van der Waals surface area contributed by atoms with Crippen LogP contribution in [0.1, 0.15) is 46.3 Å². The van der Waals surface area contributed by atoms with Crippen LogP contribution >= 0.6 is 0 Å². The summed E-state index contributed by atoms with van der Waals surface area (Å²) in [5.41, 5.74) is 3.19. The Labute approximate surface area is 180 Å². The molecular formula is C23H25N3O5. The Bertz CT molecular complexity index is 989. The highest BCUT2D eigenvalue weighted by Gasteiger charge is 2.38. The minimum Gasteiger partial charge on any atom is -0.489 e. The van der Waals surface area contributed by atoms with Crippen LogP contribution in [0, 0.1) is 0 Å². The van der Waals surface area contributed by atoms with Gasteiger partial charge < -0.3 is 25.4 Å². The summed E-state index contributed by atoms with van der Waals surface area (Å²) < 4.78 is 6.02. The molecule has 2 aliphatic rings. The number of ether oxygens (including phenoxy) is 1. The number of benzene rings is 2. The van der Waals surface area contributed by atoms with E-state index in [1.807, 2.05) is 30.3 Å². The summed E-state index contributed by atoms with van der Waals surface area (Å²) in [6.45, 7) is 1.59. The molecule has 4 rings (SSSR count). The van der Waals surface area contributed by atoms with Gasteiger partial charge in [-0.3, -0.25) is 9.59 Å². The van der Waals surface area contributed by atoms with Gasteiger partial charge in [0.15, 0.2) is 0 Å². The van der Waals surface area contributed by atoms with Crippen LogP contribution < -0.4 is 15.4 Å². The van der Waals surface area contributed by atoms with Crippen molar-refractivity contribution in [3.8, 4) is 5.75 Å². The SMILES string of the molecule is O=C(O)NCc1ccc(COc2cccc3c2CN(C2CCCCNC2=O)C3=O)cc1. The fourth-order valence-electron chi connectivity index (χ4n) is 4.03. The quantitative estimate of drug-likeness (QED) is 0.662. The minimum absolute atomic E-state index is 0.0846. The van der Waals surface area contributed by atoms with Crippen molar-refractivity contribution < 1.29 is 24.2 Å². The van der Waals surface area contributed by atoms with Crippen LogP contribution in [0.15, 0.2) is 42.5 Å². The first-order chi connectivity index (χ1) is 15.0. The van der Waals surface area contributed by atoms with E-state index in [0.29, 0.717) is 37.4 Å². The van der Waals surface area contributed by atoms with E-state index in [-0.39, 0.29) is 18.4 Å². The van der Waals surface area contributed by atoms with Gasteiger partial charge in [0, 0.05) is 24.2 Å². The summed E-state index contributed by atoms with van der Waals surface area (Å²) in [6.07, 6.45) is 1.45. The summed E-state index contributed by atoms with van der Waals surface area (Å²) in [4.78, 5) is 37.7. The lowest BCUT2D eigenvalue weighted by Crippen LogP contribution is -2.45. The van der Waals surface area contributed by atoms with E-state index in [1.165, 1.54) is 0 Å². The predicted octanol–water partition coefficient (Wildman–Crippen LogP) is 2.66. The number of carboxylic acid groups (broad SMARTS) is 1. The fourth-order valence-corrected chi connectivity index (χ4v) is 4.03. The minimum atomic E-state index is -1.06. The first-order valence-electron chi connectivity index (χ1n) is 10.4. The van der Waals surface area contributed by atoms with Crippen molar-refractivity contribution in [1.29, 1.82) is 0 Å². The molecule has 1 saturated heterocycles. The highest BCUT2D eigenvalue weighted by atomic mass is 16.5. The van der Waals surface area contributed by atoms with Gasteiger partial charge in [0.25, 0.3) is 5.91 Å². The summed E-state index contributed by atoms with van der Waals surface area (Å²) in [6, 6.07) is 12.4. The van der Waals surface area contributed by atoms with E-state index < -0.39 is 12.1 Å². The van der Waals surface area contributed by atoms with Crippen molar-refractivity contribution in [3.05, 3.63) is 64.7 Å². The maximum atomic E-state index is 13.0. The van der Waals surface area contributed by atoms with Gasteiger partial charge in [-0.05, 0) is 42.5 Å². The summed E-state index contributed by atoms with van der Waals surface area (Å²) in [7, 11) is 0. The fraction of sp³-hybridized carbons (Fsp3) is 0.348. The van der Waals surface area contributed by atoms with E-state index >= 15 is 0 Å². The zero-order chi connectivity index (χ0) is 21.8. The zero-order valence-corrected chi connectivity index (χ0v) is 17.1. The van der Waals surface area contributed by atoms with Crippen LogP contribution in [0.2, 0.25) is 0 Å². The van der Waals surface area contributed by atoms with Gasteiger partial charge in [-0.25, -0.2) is 4.79 Å². The lowest BCUT2D eigenvalue weighted by molar-refractivity contribution is -0.125. The Balaban J connectivity index is 1.44. The van der Waals surface area contributed by atoms with Crippen molar-refractivity contribution >= 4 is 17.9 Å². The molecule has 162 valence electrons. The number of nitrogens with one attached hydrogen (secondary N) is 2. The molecule has 8 heteroatoms. The third kappa shape index (κ3) is 4.63. The molecule has 2 heterocycles. The number of fused-ring (bicyclic) bond motifs is 1. The Morgan fingerprint density at radius 3 is 2.68 bits per heavy atom. The molecule has 31 heavy (non-hydrogen) atoms. The highest BCUT2D eigenvalue weighted by Crippen LogP contribution is 2.33. The van der Waals surface area contributed by atoms with Crippen LogP contribution in [0.5, 0.6) is 5.75 Å². The third-order valence-corrected chi connectivity index (χ3v) is 5.70. The van der Waals surface area contributed by atoms with E-state index in [1.54, 1.807) is 17.0 Å². The van der Waals surface area contributed by atoms with Crippen LogP contribution in [0.4, 0.5) is 4.79 Å². The van der Waals surface area contributed by atoms with E-state index in [2.05, 4.69) is 10.6 Å². The lowest BCUT2D eigenvalue weighted by atomic mass is 10.1. The first-order valence-corrected chi connectivity index (χ1v) is 10.4. The molecule has 8 nitrogen and oxygen atoms in total. The van der Waals surface area contributed by atoms with Crippen LogP contribution in [-0.4, -0.2) is 40.5 Å². The molecule has 1 atom stereocenters. The molecule has 0 bridgehead atoms. The highest BCUT2D eigenvalue weighted by molar-refractivity contribution is 6.01. The Morgan fingerprint density at radius 2 is 1.90 bits per heavy atom. The Morgan fingerprint density at radius 1 is 1.13 bits per heavy atom. The first kappa shape index (κ1) is 20.7. The Hall–Kier alpha value is -3.55. The zero-order valence-electron chi connectivity index (χ0n) is 17.1. The maximum absolute atomic E-state index is 13.0. The second-order valence-corrected chi connectivity index (χ2v) is 7.78. The average Bonchev–Trinajstić information content (AvgIpc) is 2.95. The van der Waals surface area contributed by atoms with Crippen LogP contribution in [0.25, 0.3) is 0 Å². The van der Waals surface area contributed by atoms with Crippen molar-refractivity contribution in [2.24, 2.45) is 0 Å². The molecule has 2 aliphatic heterocycles. The monoisotopic (exact) mass is 423 g/mol. The van der Waals surface area contributed by atoms with E-state index in [9.17, 15) is 14.4 Å². The lowest BCUT2D eigenvalue weighted by Gasteiger charge is -2.25.